The van der Waals surface area contributed by atoms with Gasteiger partial charge in [0.25, 0.3) is 0 Å². The Kier molecular flexibility index (Phi) is 17.2. The second kappa shape index (κ2) is 17.3. The van der Waals surface area contributed by atoms with Crippen molar-refractivity contribution in [2.75, 3.05) is 0 Å². The lowest BCUT2D eigenvalue weighted by Crippen LogP contribution is -2.15. The van der Waals surface area contributed by atoms with E-state index in [4.69, 9.17) is 9.78 Å². The molecule has 0 saturated heterocycles. The Morgan fingerprint density at radius 1 is 0.500 bits per heavy atom. The smallest absolute Gasteiger partial charge is 0.0902 e. The summed E-state index contributed by atoms with van der Waals surface area (Å²) in [4.78, 5) is 11.1. The summed E-state index contributed by atoms with van der Waals surface area (Å²) in [7, 11) is 0. The van der Waals surface area contributed by atoms with Gasteiger partial charge in [-0.15, -0.1) is 0 Å². The van der Waals surface area contributed by atoms with Gasteiger partial charge in [0.05, 0.1) is 12.2 Å². The largest absolute Gasteiger partial charge is 0.233 e. The minimum absolute atomic E-state index is 0.234. The summed E-state index contributed by atoms with van der Waals surface area (Å²) in [5.74, 6) is 0. The van der Waals surface area contributed by atoms with Crippen LogP contribution in [0.3, 0.4) is 0 Å². The van der Waals surface area contributed by atoms with Crippen molar-refractivity contribution in [3.63, 3.8) is 0 Å². The fourth-order valence-corrected chi connectivity index (χ4v) is 2.71. The van der Waals surface area contributed by atoms with Crippen LogP contribution in [0.25, 0.3) is 0 Å². The average molecular weight is 315 g/mol. The molecule has 0 aliphatic heterocycles. The Balaban J connectivity index is 3.31. The molecule has 0 aliphatic carbocycles. The molecule has 2 unspecified atom stereocenters. The molecule has 22 heavy (non-hydrogen) atoms. The molecule has 0 aromatic carbocycles. The van der Waals surface area contributed by atoms with Gasteiger partial charge in [0.1, 0.15) is 0 Å². The minimum Gasteiger partial charge on any atom is -0.233 e. The molecule has 0 N–H and O–H groups in total. The van der Waals surface area contributed by atoms with Crippen molar-refractivity contribution in [2.24, 2.45) is 0 Å². The van der Waals surface area contributed by atoms with Gasteiger partial charge in [0.15, 0.2) is 0 Å². The zero-order chi connectivity index (χ0) is 16.5. The quantitative estimate of drug-likeness (QED) is 0.160. The molecule has 0 amide bonds. The molecule has 0 rings (SSSR count). The summed E-state index contributed by atoms with van der Waals surface area (Å²) in [5, 5.41) is 0. The highest BCUT2D eigenvalue weighted by atomic mass is 17.2. The van der Waals surface area contributed by atoms with Gasteiger partial charge >= 0.3 is 0 Å². The maximum absolute atomic E-state index is 5.53. The van der Waals surface area contributed by atoms with Crippen LogP contribution in [0.2, 0.25) is 0 Å². The van der Waals surface area contributed by atoms with Crippen molar-refractivity contribution in [1.29, 1.82) is 0 Å². The molecule has 0 radical (unpaired) electrons. The Morgan fingerprint density at radius 2 is 0.818 bits per heavy atom. The summed E-state index contributed by atoms with van der Waals surface area (Å²) < 4.78 is 0. The highest BCUT2D eigenvalue weighted by Gasteiger charge is 2.07. The van der Waals surface area contributed by atoms with Crippen LogP contribution in [-0.4, -0.2) is 12.2 Å². The van der Waals surface area contributed by atoms with Gasteiger partial charge in [-0.3, -0.25) is 0 Å². The Morgan fingerprint density at radius 3 is 1.18 bits per heavy atom. The first-order chi connectivity index (χ1) is 10.7. The van der Waals surface area contributed by atoms with Crippen molar-refractivity contribution in [3.8, 4) is 0 Å². The van der Waals surface area contributed by atoms with Crippen LogP contribution in [0.4, 0.5) is 0 Å². The van der Waals surface area contributed by atoms with Crippen LogP contribution < -0.4 is 0 Å². The van der Waals surface area contributed by atoms with Crippen LogP contribution in [0.1, 0.15) is 118 Å². The monoisotopic (exact) mass is 314 g/mol. The van der Waals surface area contributed by atoms with Crippen molar-refractivity contribution >= 4 is 0 Å². The van der Waals surface area contributed by atoms with Gasteiger partial charge in [-0.2, -0.15) is 0 Å². The molecule has 0 aliphatic rings. The Bertz CT molecular complexity index is 184. The lowest BCUT2D eigenvalue weighted by molar-refractivity contribution is -0.346. The van der Waals surface area contributed by atoms with E-state index in [1.54, 1.807) is 0 Å². The summed E-state index contributed by atoms with van der Waals surface area (Å²) in [5.41, 5.74) is 0. The van der Waals surface area contributed by atoms with Crippen LogP contribution in [0.5, 0.6) is 0 Å². The second-order valence-electron chi connectivity index (χ2n) is 6.93. The highest BCUT2D eigenvalue weighted by Crippen LogP contribution is 2.13. The molecule has 0 fully saturated rings. The first kappa shape index (κ1) is 21.9. The standard InChI is InChI=1S/C20H42O2/c1-5-7-9-11-13-15-17-19(3)21-22-20(4)18-16-14-12-10-8-6-2/h19-20H,5-18H2,1-4H3. The fraction of sp³-hybridized carbons (Fsp3) is 1.00. The number of hydrogen-bond donors (Lipinski definition) is 0. The Labute approximate surface area is 140 Å². The van der Waals surface area contributed by atoms with Gasteiger partial charge in [-0.05, 0) is 26.7 Å². The first-order valence-corrected chi connectivity index (χ1v) is 10.0. The summed E-state index contributed by atoms with van der Waals surface area (Å²) >= 11 is 0. The molecular weight excluding hydrogens is 272 g/mol. The molecule has 0 heterocycles. The third-order valence-electron chi connectivity index (χ3n) is 4.31. The normalized spacial score (nSPS) is 14.2. The van der Waals surface area contributed by atoms with E-state index in [1.807, 2.05) is 0 Å². The van der Waals surface area contributed by atoms with Crippen LogP contribution in [-0.2, 0) is 9.78 Å². The van der Waals surface area contributed by atoms with Gasteiger partial charge in [0, 0.05) is 0 Å². The third-order valence-corrected chi connectivity index (χ3v) is 4.31. The van der Waals surface area contributed by atoms with E-state index in [0.29, 0.717) is 0 Å². The van der Waals surface area contributed by atoms with E-state index in [-0.39, 0.29) is 12.2 Å². The van der Waals surface area contributed by atoms with E-state index < -0.39 is 0 Å². The maximum Gasteiger partial charge on any atom is 0.0902 e. The van der Waals surface area contributed by atoms with E-state index in [0.717, 1.165) is 12.8 Å². The van der Waals surface area contributed by atoms with Crippen molar-refractivity contribution in [1.82, 2.24) is 0 Å². The van der Waals surface area contributed by atoms with Crippen molar-refractivity contribution in [2.45, 2.75) is 130 Å². The predicted molar refractivity (Wildman–Crippen MR) is 97.1 cm³/mol. The van der Waals surface area contributed by atoms with Crippen LogP contribution in [0.15, 0.2) is 0 Å². The van der Waals surface area contributed by atoms with Crippen LogP contribution >= 0.6 is 0 Å². The lowest BCUT2D eigenvalue weighted by atomic mass is 10.1. The first-order valence-electron chi connectivity index (χ1n) is 10.0. The van der Waals surface area contributed by atoms with E-state index in [2.05, 4.69) is 27.7 Å². The molecule has 0 bridgehead atoms. The van der Waals surface area contributed by atoms with Gasteiger partial charge in [-0.1, -0.05) is 90.9 Å². The fourth-order valence-electron chi connectivity index (χ4n) is 2.71. The van der Waals surface area contributed by atoms with Gasteiger partial charge in [-0.25, -0.2) is 9.78 Å². The molecule has 2 heteroatoms. The zero-order valence-electron chi connectivity index (χ0n) is 15.9. The van der Waals surface area contributed by atoms with Gasteiger partial charge in [0.2, 0.25) is 0 Å². The van der Waals surface area contributed by atoms with E-state index in [9.17, 15) is 0 Å². The van der Waals surface area contributed by atoms with Gasteiger partial charge < -0.3 is 0 Å². The number of unbranched alkanes of at least 4 members (excludes halogenated alkanes) is 10. The number of rotatable bonds is 17. The molecule has 0 spiro atoms. The maximum atomic E-state index is 5.53. The predicted octanol–water partition coefficient (Wildman–Crippen LogP) is 7.21. The number of hydrogen-bond acceptors (Lipinski definition) is 2. The lowest BCUT2D eigenvalue weighted by Gasteiger charge is -2.16. The summed E-state index contributed by atoms with van der Waals surface area (Å²) in [6.07, 6.45) is 18.8. The van der Waals surface area contributed by atoms with Crippen molar-refractivity contribution in [3.05, 3.63) is 0 Å². The minimum atomic E-state index is 0.234. The average Bonchev–Trinajstić information content (AvgIpc) is 2.52. The second-order valence-corrected chi connectivity index (χ2v) is 6.93. The third kappa shape index (κ3) is 16.3. The molecule has 2 atom stereocenters. The molecule has 134 valence electrons. The Hall–Kier alpha value is -0.0800. The van der Waals surface area contributed by atoms with E-state index >= 15 is 0 Å². The summed E-state index contributed by atoms with van der Waals surface area (Å²) in [6, 6.07) is 0. The highest BCUT2D eigenvalue weighted by molar-refractivity contribution is 4.53. The van der Waals surface area contributed by atoms with E-state index in [1.165, 1.54) is 77.0 Å². The SMILES string of the molecule is CCCCCCCCC(C)OOC(C)CCCCCCCC. The molecule has 0 aromatic rings. The zero-order valence-corrected chi connectivity index (χ0v) is 15.9. The van der Waals surface area contributed by atoms with Crippen LogP contribution in [0, 0.1) is 0 Å². The molecular formula is C20H42O2. The molecule has 0 aromatic heterocycles. The molecule has 0 saturated carbocycles. The summed E-state index contributed by atoms with van der Waals surface area (Å²) in [6.45, 7) is 8.78. The molecule has 2 nitrogen and oxygen atoms in total. The van der Waals surface area contributed by atoms with Crippen molar-refractivity contribution < 1.29 is 9.78 Å². The topological polar surface area (TPSA) is 18.5 Å².